The van der Waals surface area contributed by atoms with Crippen LogP contribution in [0.25, 0.3) is 0 Å². The fourth-order valence-electron chi connectivity index (χ4n) is 2.33. The molecule has 0 saturated heterocycles. The highest BCUT2D eigenvalue weighted by molar-refractivity contribution is 7.98. The molecule has 1 rings (SSSR count). The molecule has 1 saturated carbocycles. The molecule has 0 atom stereocenters. The maximum Gasteiger partial charge on any atom is 0.223 e. The van der Waals surface area contributed by atoms with Crippen molar-refractivity contribution < 1.29 is 4.79 Å². The van der Waals surface area contributed by atoms with Crippen molar-refractivity contribution in [2.75, 3.05) is 24.4 Å². The summed E-state index contributed by atoms with van der Waals surface area (Å²) in [6.45, 7) is 0.722. The van der Waals surface area contributed by atoms with Gasteiger partial charge in [-0.3, -0.25) is 4.79 Å². The Morgan fingerprint density at radius 3 is 2.62 bits per heavy atom. The molecule has 1 aliphatic rings. The summed E-state index contributed by atoms with van der Waals surface area (Å²) in [4.78, 5) is 14.1. The van der Waals surface area contributed by atoms with Gasteiger partial charge < -0.3 is 4.90 Å². The fourth-order valence-corrected chi connectivity index (χ4v) is 2.89. The number of thioether (sulfide) groups is 1. The first-order valence-corrected chi connectivity index (χ1v) is 8.06. The predicted molar refractivity (Wildman–Crippen MR) is 72.3 cm³/mol. The molecule has 1 aliphatic carbocycles. The summed E-state index contributed by atoms with van der Waals surface area (Å²) in [7, 11) is 0. The summed E-state index contributed by atoms with van der Waals surface area (Å²) in [5.41, 5.74) is 0. The number of carbonyl (C=O) groups is 1. The number of amides is 1. The topological polar surface area (TPSA) is 20.3 Å². The third-order valence-corrected chi connectivity index (χ3v) is 3.96. The van der Waals surface area contributed by atoms with Crippen molar-refractivity contribution in [3.8, 4) is 0 Å². The highest BCUT2D eigenvalue weighted by atomic mass is 35.5. The van der Waals surface area contributed by atoms with E-state index in [0.29, 0.717) is 24.2 Å². The summed E-state index contributed by atoms with van der Waals surface area (Å²) in [6, 6.07) is 0.460. The van der Waals surface area contributed by atoms with E-state index < -0.39 is 0 Å². The molecule has 0 aliphatic heterocycles. The van der Waals surface area contributed by atoms with Crippen LogP contribution < -0.4 is 0 Å². The number of hydrogen-bond donors (Lipinski definition) is 0. The molecule has 0 spiro atoms. The Labute approximate surface area is 108 Å². The average Bonchev–Trinajstić information content (AvgIpc) is 2.34. The highest BCUT2D eigenvalue weighted by Crippen LogP contribution is 2.23. The first-order chi connectivity index (χ1) is 7.79. The van der Waals surface area contributed by atoms with Gasteiger partial charge in [-0.25, -0.2) is 0 Å². The van der Waals surface area contributed by atoms with Crippen molar-refractivity contribution in [3.63, 3.8) is 0 Å². The van der Waals surface area contributed by atoms with E-state index in [0.717, 1.165) is 12.3 Å². The SMILES string of the molecule is CSCCC(=O)N(CCCl)C1CCCCC1. The lowest BCUT2D eigenvalue weighted by molar-refractivity contribution is -0.133. The summed E-state index contributed by atoms with van der Waals surface area (Å²) in [5, 5.41) is 0. The molecule has 0 radical (unpaired) electrons. The Kier molecular flexibility index (Phi) is 7.30. The smallest absolute Gasteiger partial charge is 0.223 e. The molecular weight excluding hydrogens is 242 g/mol. The Hall–Kier alpha value is 0.110. The van der Waals surface area contributed by atoms with Crippen LogP contribution in [-0.4, -0.2) is 41.3 Å². The second-order valence-corrected chi connectivity index (χ2v) is 5.67. The maximum atomic E-state index is 12.0. The van der Waals surface area contributed by atoms with Crippen molar-refractivity contribution in [2.24, 2.45) is 0 Å². The standard InChI is InChI=1S/C12H22ClNOS/c1-16-10-7-12(15)14(9-8-13)11-5-3-2-4-6-11/h11H,2-10H2,1H3. The van der Waals surface area contributed by atoms with Gasteiger partial charge in [0.1, 0.15) is 0 Å². The lowest BCUT2D eigenvalue weighted by Crippen LogP contribution is -2.42. The van der Waals surface area contributed by atoms with Gasteiger partial charge in [0, 0.05) is 30.6 Å². The molecule has 1 fully saturated rings. The molecule has 0 aromatic carbocycles. The van der Waals surface area contributed by atoms with E-state index in [2.05, 4.69) is 0 Å². The van der Waals surface area contributed by atoms with Crippen molar-refractivity contribution in [1.82, 2.24) is 4.90 Å². The Balaban J connectivity index is 2.47. The second kappa shape index (κ2) is 8.24. The van der Waals surface area contributed by atoms with Gasteiger partial charge in [-0.15, -0.1) is 11.6 Å². The lowest BCUT2D eigenvalue weighted by atomic mass is 9.94. The highest BCUT2D eigenvalue weighted by Gasteiger charge is 2.24. The molecule has 2 nitrogen and oxygen atoms in total. The zero-order valence-electron chi connectivity index (χ0n) is 10.1. The molecule has 0 aromatic rings. The number of carbonyl (C=O) groups excluding carboxylic acids is 1. The molecular formula is C12H22ClNOS. The molecule has 0 aromatic heterocycles. The van der Waals surface area contributed by atoms with Crippen LogP contribution in [0.1, 0.15) is 38.5 Å². The summed E-state index contributed by atoms with van der Waals surface area (Å²) in [6.07, 6.45) is 8.89. The Bertz CT molecular complexity index is 207. The first-order valence-electron chi connectivity index (χ1n) is 6.14. The van der Waals surface area contributed by atoms with Gasteiger partial charge in [0.2, 0.25) is 5.91 Å². The van der Waals surface area contributed by atoms with Gasteiger partial charge in [-0.1, -0.05) is 19.3 Å². The third-order valence-electron chi connectivity index (χ3n) is 3.18. The van der Waals surface area contributed by atoms with Crippen LogP contribution in [0.2, 0.25) is 0 Å². The van der Waals surface area contributed by atoms with Crippen LogP contribution in [0.3, 0.4) is 0 Å². The fraction of sp³-hybridized carbons (Fsp3) is 0.917. The minimum Gasteiger partial charge on any atom is -0.338 e. The number of nitrogens with zero attached hydrogens (tertiary/aromatic N) is 1. The van der Waals surface area contributed by atoms with Gasteiger partial charge in [0.05, 0.1) is 0 Å². The van der Waals surface area contributed by atoms with Gasteiger partial charge in [0.15, 0.2) is 0 Å². The van der Waals surface area contributed by atoms with E-state index >= 15 is 0 Å². The van der Waals surface area contributed by atoms with Crippen molar-refractivity contribution >= 4 is 29.3 Å². The zero-order chi connectivity index (χ0) is 11.8. The van der Waals surface area contributed by atoms with E-state index in [-0.39, 0.29) is 0 Å². The van der Waals surface area contributed by atoms with E-state index in [1.165, 1.54) is 32.1 Å². The van der Waals surface area contributed by atoms with Crippen LogP contribution in [-0.2, 0) is 4.79 Å². The van der Waals surface area contributed by atoms with Crippen LogP contribution in [0, 0.1) is 0 Å². The normalized spacial score (nSPS) is 17.4. The van der Waals surface area contributed by atoms with E-state index in [1.54, 1.807) is 11.8 Å². The summed E-state index contributed by atoms with van der Waals surface area (Å²) >= 11 is 7.53. The molecule has 0 heterocycles. The molecule has 0 bridgehead atoms. The summed E-state index contributed by atoms with van der Waals surface area (Å²) < 4.78 is 0. The largest absolute Gasteiger partial charge is 0.338 e. The second-order valence-electron chi connectivity index (χ2n) is 4.31. The number of alkyl halides is 1. The van der Waals surface area contributed by atoms with E-state index in [1.807, 2.05) is 11.2 Å². The summed E-state index contributed by atoms with van der Waals surface area (Å²) in [5.74, 6) is 1.77. The lowest BCUT2D eigenvalue weighted by Gasteiger charge is -2.34. The van der Waals surface area contributed by atoms with E-state index in [9.17, 15) is 4.79 Å². The number of hydrogen-bond acceptors (Lipinski definition) is 2. The van der Waals surface area contributed by atoms with Crippen molar-refractivity contribution in [1.29, 1.82) is 0 Å². The van der Waals surface area contributed by atoms with Gasteiger partial charge in [0.25, 0.3) is 0 Å². The average molecular weight is 264 g/mol. The van der Waals surface area contributed by atoms with Crippen LogP contribution in [0.5, 0.6) is 0 Å². The van der Waals surface area contributed by atoms with Crippen molar-refractivity contribution in [3.05, 3.63) is 0 Å². The maximum absolute atomic E-state index is 12.0. The first kappa shape index (κ1) is 14.2. The monoisotopic (exact) mass is 263 g/mol. The molecule has 1 amide bonds. The van der Waals surface area contributed by atoms with Gasteiger partial charge >= 0.3 is 0 Å². The molecule has 0 unspecified atom stereocenters. The minimum atomic E-state index is 0.293. The Morgan fingerprint density at radius 1 is 1.38 bits per heavy atom. The van der Waals surface area contributed by atoms with Crippen molar-refractivity contribution in [2.45, 2.75) is 44.6 Å². The molecule has 94 valence electrons. The molecule has 0 N–H and O–H groups in total. The molecule has 4 heteroatoms. The van der Waals surface area contributed by atoms with Gasteiger partial charge in [-0.05, 0) is 19.1 Å². The molecule has 16 heavy (non-hydrogen) atoms. The quantitative estimate of drug-likeness (QED) is 0.687. The Morgan fingerprint density at radius 2 is 2.06 bits per heavy atom. The number of halogens is 1. The van der Waals surface area contributed by atoms with Crippen LogP contribution in [0.4, 0.5) is 0 Å². The minimum absolute atomic E-state index is 0.293. The predicted octanol–water partition coefficient (Wildman–Crippen LogP) is 3.14. The van der Waals surface area contributed by atoms with E-state index in [4.69, 9.17) is 11.6 Å². The number of rotatable bonds is 6. The zero-order valence-corrected chi connectivity index (χ0v) is 11.7. The van der Waals surface area contributed by atoms with Crippen LogP contribution >= 0.6 is 23.4 Å². The van der Waals surface area contributed by atoms with Crippen LogP contribution in [0.15, 0.2) is 0 Å². The van der Waals surface area contributed by atoms with Gasteiger partial charge in [-0.2, -0.15) is 11.8 Å². The third kappa shape index (κ3) is 4.54.